The maximum atomic E-state index is 12.4. The number of benzene rings is 1. The molecule has 0 aliphatic carbocycles. The van der Waals surface area contributed by atoms with Crippen LogP contribution in [-0.4, -0.2) is 20.4 Å². The molecule has 0 bridgehead atoms. The molecule has 0 saturated heterocycles. The van der Waals surface area contributed by atoms with E-state index in [2.05, 4.69) is 16.6 Å². The van der Waals surface area contributed by atoms with E-state index < -0.39 is 11.7 Å². The van der Waals surface area contributed by atoms with E-state index in [0.29, 0.717) is 12.0 Å². The van der Waals surface area contributed by atoms with Gasteiger partial charge in [-0.3, -0.25) is 4.79 Å². The lowest BCUT2D eigenvalue weighted by Gasteiger charge is -2.13. The molecule has 0 radical (unpaired) electrons. The molecule has 0 saturated carbocycles. The van der Waals surface area contributed by atoms with Gasteiger partial charge in [0.25, 0.3) is 0 Å². The summed E-state index contributed by atoms with van der Waals surface area (Å²) >= 11 is 0. The molecule has 0 aliphatic rings. The van der Waals surface area contributed by atoms with E-state index in [-0.39, 0.29) is 5.75 Å². The van der Waals surface area contributed by atoms with E-state index in [1.807, 2.05) is 0 Å². The van der Waals surface area contributed by atoms with Gasteiger partial charge in [-0.1, -0.05) is 6.58 Å². The summed E-state index contributed by atoms with van der Waals surface area (Å²) in [5.41, 5.74) is -0.370. The number of hydrogen-bond acceptors (Lipinski definition) is 3. The summed E-state index contributed by atoms with van der Waals surface area (Å²) in [6, 6.07) is 3.82. The largest absolute Gasteiger partial charge is 0.496 e. The Labute approximate surface area is 103 Å². The zero-order valence-corrected chi connectivity index (χ0v) is 10.0. The fourth-order valence-corrected chi connectivity index (χ4v) is 1.09. The summed E-state index contributed by atoms with van der Waals surface area (Å²) in [5, 5.41) is 2.64. The zero-order valence-electron chi connectivity index (χ0n) is 10.0. The molecule has 0 spiro atoms. The van der Waals surface area contributed by atoms with Crippen LogP contribution < -0.4 is 10.1 Å². The van der Waals surface area contributed by atoms with E-state index in [1.165, 1.54) is 25.3 Å². The Balaban J connectivity index is 0.000000631. The van der Waals surface area contributed by atoms with Crippen LogP contribution in [0.15, 0.2) is 30.9 Å². The summed E-state index contributed by atoms with van der Waals surface area (Å²) in [6.45, 7) is 3.11. The molecule has 18 heavy (non-hydrogen) atoms. The lowest BCUT2D eigenvalue weighted by atomic mass is 10.1. The molecule has 0 aliphatic heterocycles. The summed E-state index contributed by atoms with van der Waals surface area (Å²) in [4.78, 5) is 9.06. The van der Waals surface area contributed by atoms with Gasteiger partial charge in [-0.2, -0.15) is 13.2 Å². The number of alkyl halides is 3. The molecule has 6 heteroatoms. The van der Waals surface area contributed by atoms with Crippen molar-refractivity contribution in [2.24, 2.45) is 0 Å². The topological polar surface area (TPSA) is 38.3 Å². The average molecular weight is 261 g/mol. The standard InChI is InChI=1S/C9H10F3NO.C3H4O/c1-13-6-3-4-8(14-2)7(5-6)9(10,11)12;1-2-3-4/h3-5,13H,1-2H3;2-3H,1H2. The minimum Gasteiger partial charge on any atom is -0.496 e. The highest BCUT2D eigenvalue weighted by molar-refractivity contribution is 5.63. The number of anilines is 1. The Morgan fingerprint density at radius 3 is 2.28 bits per heavy atom. The van der Waals surface area contributed by atoms with Crippen LogP contribution in [0.4, 0.5) is 18.9 Å². The normalized spacial score (nSPS) is 9.83. The molecule has 1 aromatic rings. The first-order chi connectivity index (χ1) is 8.40. The molecule has 0 amide bonds. The summed E-state index contributed by atoms with van der Waals surface area (Å²) < 4.78 is 42.0. The SMILES string of the molecule is C=CC=O.CNc1ccc(OC)c(C(F)(F)F)c1. The van der Waals surface area contributed by atoms with Crippen molar-refractivity contribution < 1.29 is 22.7 Å². The molecule has 3 nitrogen and oxygen atoms in total. The highest BCUT2D eigenvalue weighted by Crippen LogP contribution is 2.37. The van der Waals surface area contributed by atoms with E-state index in [1.54, 1.807) is 7.05 Å². The second kappa shape index (κ2) is 7.37. The molecular formula is C12H14F3NO2. The van der Waals surface area contributed by atoms with E-state index in [9.17, 15) is 13.2 Å². The van der Waals surface area contributed by atoms with Crippen LogP contribution >= 0.6 is 0 Å². The number of halogens is 3. The van der Waals surface area contributed by atoms with E-state index in [0.717, 1.165) is 6.07 Å². The first kappa shape index (κ1) is 16.0. The van der Waals surface area contributed by atoms with Crippen molar-refractivity contribution in [3.05, 3.63) is 36.4 Å². The Kier molecular flexibility index (Phi) is 6.56. The second-order valence-corrected chi connectivity index (χ2v) is 3.03. The van der Waals surface area contributed by atoms with Gasteiger partial charge >= 0.3 is 6.18 Å². The van der Waals surface area contributed by atoms with Crippen molar-refractivity contribution in [1.29, 1.82) is 0 Å². The number of allylic oxidation sites excluding steroid dienone is 1. The van der Waals surface area contributed by atoms with Crippen molar-refractivity contribution in [3.63, 3.8) is 0 Å². The number of aldehydes is 1. The van der Waals surface area contributed by atoms with Crippen molar-refractivity contribution in [3.8, 4) is 5.75 Å². The quantitative estimate of drug-likeness (QED) is 0.671. The molecule has 0 heterocycles. The highest BCUT2D eigenvalue weighted by Gasteiger charge is 2.34. The third-order valence-electron chi connectivity index (χ3n) is 1.89. The Hall–Kier alpha value is -1.98. The van der Waals surface area contributed by atoms with E-state index in [4.69, 9.17) is 4.79 Å². The number of hydrogen-bond donors (Lipinski definition) is 1. The molecule has 0 fully saturated rings. The highest BCUT2D eigenvalue weighted by atomic mass is 19.4. The third kappa shape index (κ3) is 4.90. The average Bonchev–Trinajstić information content (AvgIpc) is 2.37. The lowest BCUT2D eigenvalue weighted by Crippen LogP contribution is -2.08. The number of ether oxygens (including phenoxy) is 1. The first-order valence-corrected chi connectivity index (χ1v) is 4.89. The summed E-state index contributed by atoms with van der Waals surface area (Å²) in [5.74, 6) is -0.170. The summed E-state index contributed by atoms with van der Waals surface area (Å²) in [7, 11) is 2.77. The van der Waals surface area contributed by atoms with Crippen LogP contribution in [0.1, 0.15) is 5.56 Å². The maximum Gasteiger partial charge on any atom is 0.420 e. The zero-order chi connectivity index (χ0) is 14.2. The van der Waals surface area contributed by atoms with Crippen LogP contribution in [0.5, 0.6) is 5.75 Å². The molecule has 1 N–H and O–H groups in total. The van der Waals surface area contributed by atoms with Crippen molar-refractivity contribution in [2.75, 3.05) is 19.5 Å². The maximum absolute atomic E-state index is 12.4. The predicted octanol–water partition coefficient (Wildman–Crippen LogP) is 3.13. The molecule has 100 valence electrons. The van der Waals surface area contributed by atoms with Crippen LogP contribution in [0.25, 0.3) is 0 Å². The number of rotatable bonds is 3. The number of methoxy groups -OCH3 is 1. The van der Waals surface area contributed by atoms with Gasteiger partial charge in [0, 0.05) is 12.7 Å². The number of carbonyl (C=O) groups excluding carboxylic acids is 1. The van der Waals surface area contributed by atoms with Gasteiger partial charge in [0.1, 0.15) is 12.0 Å². The second-order valence-electron chi connectivity index (χ2n) is 3.03. The summed E-state index contributed by atoms with van der Waals surface area (Å²) in [6.07, 6.45) is -2.56. The number of carbonyl (C=O) groups is 1. The van der Waals surface area contributed by atoms with Crippen LogP contribution in [0, 0.1) is 0 Å². The minimum atomic E-state index is -4.39. The molecule has 1 rings (SSSR count). The fraction of sp³-hybridized carbons (Fsp3) is 0.250. The lowest BCUT2D eigenvalue weighted by molar-refractivity contribution is -0.138. The monoisotopic (exact) mass is 261 g/mol. The minimum absolute atomic E-state index is 0.170. The molecule has 0 atom stereocenters. The van der Waals surface area contributed by atoms with Crippen LogP contribution in [-0.2, 0) is 11.0 Å². The van der Waals surface area contributed by atoms with Crippen molar-refractivity contribution in [2.45, 2.75) is 6.18 Å². The first-order valence-electron chi connectivity index (χ1n) is 4.89. The van der Waals surface area contributed by atoms with Crippen molar-refractivity contribution in [1.82, 2.24) is 0 Å². The third-order valence-corrected chi connectivity index (χ3v) is 1.89. The number of nitrogens with one attached hydrogen (secondary N) is 1. The molecule has 0 aromatic heterocycles. The Morgan fingerprint density at radius 2 is 1.94 bits per heavy atom. The van der Waals surface area contributed by atoms with Gasteiger partial charge in [-0.25, -0.2) is 0 Å². The molecular weight excluding hydrogens is 247 g/mol. The molecule has 1 aromatic carbocycles. The fourth-order valence-electron chi connectivity index (χ4n) is 1.09. The van der Waals surface area contributed by atoms with Crippen molar-refractivity contribution >= 4 is 12.0 Å². The van der Waals surface area contributed by atoms with Gasteiger partial charge in [0.2, 0.25) is 0 Å². The Morgan fingerprint density at radius 1 is 1.39 bits per heavy atom. The predicted molar refractivity (Wildman–Crippen MR) is 63.8 cm³/mol. The Bertz CT molecular complexity index is 397. The van der Waals surface area contributed by atoms with Crippen LogP contribution in [0.3, 0.4) is 0 Å². The van der Waals surface area contributed by atoms with Gasteiger partial charge in [-0.15, -0.1) is 0 Å². The van der Waals surface area contributed by atoms with Gasteiger partial charge in [-0.05, 0) is 24.3 Å². The molecule has 0 unspecified atom stereocenters. The smallest absolute Gasteiger partial charge is 0.420 e. The van der Waals surface area contributed by atoms with Crippen LogP contribution in [0.2, 0.25) is 0 Å². The van der Waals surface area contributed by atoms with E-state index >= 15 is 0 Å². The van der Waals surface area contributed by atoms with Gasteiger partial charge in [0.15, 0.2) is 0 Å². The van der Waals surface area contributed by atoms with Gasteiger partial charge < -0.3 is 10.1 Å². The van der Waals surface area contributed by atoms with Gasteiger partial charge in [0.05, 0.1) is 12.7 Å².